The molecular formula is C19H26N2O. The molecule has 0 aliphatic rings. The van der Waals surface area contributed by atoms with Crippen molar-refractivity contribution in [1.29, 1.82) is 0 Å². The van der Waals surface area contributed by atoms with Crippen molar-refractivity contribution >= 4 is 0 Å². The fourth-order valence-corrected chi connectivity index (χ4v) is 2.52. The van der Waals surface area contributed by atoms with E-state index in [1.807, 2.05) is 36.4 Å². The third-order valence-corrected chi connectivity index (χ3v) is 3.98. The molecule has 0 heterocycles. The molecule has 0 aromatic heterocycles. The minimum atomic E-state index is -0.539. The molecule has 3 atom stereocenters. The molecule has 0 bridgehead atoms. The largest absolute Gasteiger partial charge is 0.390 e. The topological polar surface area (TPSA) is 58.3 Å². The third-order valence-electron chi connectivity index (χ3n) is 3.98. The van der Waals surface area contributed by atoms with Crippen LogP contribution in [0.5, 0.6) is 0 Å². The molecule has 0 aliphatic carbocycles. The Kier molecular flexibility index (Phi) is 6.59. The van der Waals surface area contributed by atoms with Crippen molar-refractivity contribution in [1.82, 2.24) is 5.32 Å². The molecule has 3 heteroatoms. The minimum absolute atomic E-state index is 0.248. The van der Waals surface area contributed by atoms with Crippen molar-refractivity contribution < 1.29 is 5.11 Å². The van der Waals surface area contributed by atoms with Crippen LogP contribution >= 0.6 is 0 Å². The molecule has 0 amide bonds. The van der Waals surface area contributed by atoms with Gasteiger partial charge in [-0.15, -0.1) is 0 Å². The Bertz CT molecular complexity index is 530. The van der Waals surface area contributed by atoms with Gasteiger partial charge in [0.05, 0.1) is 6.10 Å². The summed E-state index contributed by atoms with van der Waals surface area (Å²) in [5.41, 5.74) is 8.55. The molecule has 2 rings (SSSR count). The van der Waals surface area contributed by atoms with Crippen LogP contribution in [0.3, 0.4) is 0 Å². The van der Waals surface area contributed by atoms with E-state index in [9.17, 15) is 5.11 Å². The molecule has 3 nitrogen and oxygen atoms in total. The van der Waals surface area contributed by atoms with Gasteiger partial charge < -0.3 is 16.2 Å². The highest BCUT2D eigenvalue weighted by molar-refractivity contribution is 5.19. The van der Waals surface area contributed by atoms with E-state index in [1.54, 1.807) is 0 Å². The standard InChI is InChI=1S/C19H26N2O/c1-15(17-10-6-3-7-11-17)13-21-14-19(22)18(20)12-16-8-4-2-5-9-16/h2-11,15,18-19,21-22H,12-14,20H2,1H3/t15-,18-,19-/m0/s1. The highest BCUT2D eigenvalue weighted by Crippen LogP contribution is 2.13. The second kappa shape index (κ2) is 8.69. The molecule has 0 saturated heterocycles. The maximum atomic E-state index is 10.2. The Labute approximate surface area is 133 Å². The smallest absolute Gasteiger partial charge is 0.0818 e. The Morgan fingerprint density at radius 3 is 2.18 bits per heavy atom. The van der Waals surface area contributed by atoms with Crippen LogP contribution in [-0.2, 0) is 6.42 Å². The van der Waals surface area contributed by atoms with Gasteiger partial charge >= 0.3 is 0 Å². The van der Waals surface area contributed by atoms with Gasteiger partial charge in [-0.3, -0.25) is 0 Å². The Morgan fingerprint density at radius 1 is 0.955 bits per heavy atom. The quantitative estimate of drug-likeness (QED) is 0.701. The monoisotopic (exact) mass is 298 g/mol. The predicted molar refractivity (Wildman–Crippen MR) is 91.9 cm³/mol. The van der Waals surface area contributed by atoms with Crippen LogP contribution in [0.2, 0.25) is 0 Å². The van der Waals surface area contributed by atoms with Crippen molar-refractivity contribution in [2.75, 3.05) is 13.1 Å². The van der Waals surface area contributed by atoms with Gasteiger partial charge in [-0.05, 0) is 23.5 Å². The molecule has 2 aromatic carbocycles. The average molecular weight is 298 g/mol. The Hall–Kier alpha value is -1.68. The Morgan fingerprint density at radius 2 is 1.55 bits per heavy atom. The average Bonchev–Trinajstić information content (AvgIpc) is 2.56. The summed E-state index contributed by atoms with van der Waals surface area (Å²) in [6.45, 7) is 3.53. The maximum absolute atomic E-state index is 10.2. The molecule has 0 spiro atoms. The first-order valence-corrected chi connectivity index (χ1v) is 7.90. The highest BCUT2D eigenvalue weighted by Gasteiger charge is 2.15. The van der Waals surface area contributed by atoms with E-state index in [0.29, 0.717) is 18.9 Å². The second-order valence-corrected chi connectivity index (χ2v) is 5.89. The summed E-state index contributed by atoms with van der Waals surface area (Å²) < 4.78 is 0. The number of aliphatic hydroxyl groups excluding tert-OH is 1. The molecule has 22 heavy (non-hydrogen) atoms. The first kappa shape index (κ1) is 16.7. The molecule has 4 N–H and O–H groups in total. The normalized spacial score (nSPS) is 15.2. The maximum Gasteiger partial charge on any atom is 0.0818 e. The van der Waals surface area contributed by atoms with Gasteiger partial charge in [0.25, 0.3) is 0 Å². The van der Waals surface area contributed by atoms with Crippen LogP contribution in [0, 0.1) is 0 Å². The zero-order valence-corrected chi connectivity index (χ0v) is 13.2. The summed E-state index contributed by atoms with van der Waals surface area (Å²) in [7, 11) is 0. The number of nitrogens with two attached hydrogens (primary N) is 1. The minimum Gasteiger partial charge on any atom is -0.390 e. The van der Waals surface area contributed by atoms with E-state index in [1.165, 1.54) is 5.56 Å². The SMILES string of the molecule is C[C@@H](CNC[C@H](O)[C@@H](N)Cc1ccccc1)c1ccccc1. The van der Waals surface area contributed by atoms with E-state index in [4.69, 9.17) is 5.73 Å². The predicted octanol–water partition coefficient (Wildman–Crippen LogP) is 2.31. The van der Waals surface area contributed by atoms with Gasteiger partial charge in [-0.2, -0.15) is 0 Å². The van der Waals surface area contributed by atoms with Crippen LogP contribution in [0.15, 0.2) is 60.7 Å². The fourth-order valence-electron chi connectivity index (χ4n) is 2.52. The number of hydrogen-bond donors (Lipinski definition) is 3. The van der Waals surface area contributed by atoms with E-state index >= 15 is 0 Å². The van der Waals surface area contributed by atoms with Crippen LogP contribution in [0.4, 0.5) is 0 Å². The molecule has 0 radical (unpaired) electrons. The lowest BCUT2D eigenvalue weighted by Crippen LogP contribution is -2.43. The highest BCUT2D eigenvalue weighted by atomic mass is 16.3. The van der Waals surface area contributed by atoms with Crippen molar-refractivity contribution in [3.63, 3.8) is 0 Å². The molecule has 118 valence electrons. The lowest BCUT2D eigenvalue weighted by molar-refractivity contribution is 0.141. The molecule has 0 unspecified atom stereocenters. The molecule has 0 fully saturated rings. The zero-order chi connectivity index (χ0) is 15.8. The summed E-state index contributed by atoms with van der Waals surface area (Å²) in [4.78, 5) is 0. The zero-order valence-electron chi connectivity index (χ0n) is 13.2. The van der Waals surface area contributed by atoms with Gasteiger partial charge in [0.2, 0.25) is 0 Å². The number of hydrogen-bond acceptors (Lipinski definition) is 3. The van der Waals surface area contributed by atoms with Gasteiger partial charge in [0, 0.05) is 19.1 Å². The van der Waals surface area contributed by atoms with Crippen molar-refractivity contribution in [3.05, 3.63) is 71.8 Å². The number of rotatable bonds is 8. The first-order valence-electron chi connectivity index (χ1n) is 7.90. The van der Waals surface area contributed by atoms with Gasteiger partial charge in [0.15, 0.2) is 0 Å². The van der Waals surface area contributed by atoms with Gasteiger partial charge in [-0.25, -0.2) is 0 Å². The van der Waals surface area contributed by atoms with Crippen molar-refractivity contribution in [2.45, 2.75) is 31.4 Å². The van der Waals surface area contributed by atoms with Crippen LogP contribution in [0.25, 0.3) is 0 Å². The van der Waals surface area contributed by atoms with Gasteiger partial charge in [-0.1, -0.05) is 67.6 Å². The van der Waals surface area contributed by atoms with Crippen molar-refractivity contribution in [3.8, 4) is 0 Å². The summed E-state index contributed by atoms with van der Waals surface area (Å²) in [5, 5.41) is 13.5. The van der Waals surface area contributed by atoms with Crippen molar-refractivity contribution in [2.24, 2.45) is 5.73 Å². The Balaban J connectivity index is 1.72. The molecular weight excluding hydrogens is 272 g/mol. The second-order valence-electron chi connectivity index (χ2n) is 5.89. The number of aliphatic hydroxyl groups is 1. The fraction of sp³-hybridized carbons (Fsp3) is 0.368. The van der Waals surface area contributed by atoms with E-state index in [2.05, 4.69) is 36.5 Å². The first-order chi connectivity index (χ1) is 10.7. The van der Waals surface area contributed by atoms with E-state index in [-0.39, 0.29) is 6.04 Å². The van der Waals surface area contributed by atoms with Crippen LogP contribution < -0.4 is 11.1 Å². The molecule has 2 aromatic rings. The van der Waals surface area contributed by atoms with Crippen LogP contribution in [-0.4, -0.2) is 30.3 Å². The molecule has 0 saturated carbocycles. The summed E-state index contributed by atoms with van der Waals surface area (Å²) in [6.07, 6.45) is 0.154. The third kappa shape index (κ3) is 5.26. The van der Waals surface area contributed by atoms with E-state index < -0.39 is 6.10 Å². The lowest BCUT2D eigenvalue weighted by atomic mass is 10.0. The number of benzene rings is 2. The lowest BCUT2D eigenvalue weighted by Gasteiger charge is -2.21. The van der Waals surface area contributed by atoms with E-state index in [0.717, 1.165) is 12.1 Å². The number of nitrogens with one attached hydrogen (secondary N) is 1. The summed E-state index contributed by atoms with van der Waals surface area (Å²) >= 11 is 0. The van der Waals surface area contributed by atoms with Crippen LogP contribution in [0.1, 0.15) is 24.0 Å². The summed E-state index contributed by atoms with van der Waals surface area (Å²) in [6, 6.07) is 20.2. The van der Waals surface area contributed by atoms with Gasteiger partial charge in [0.1, 0.15) is 0 Å². The molecule has 0 aliphatic heterocycles. The summed E-state index contributed by atoms with van der Waals surface area (Å²) in [5.74, 6) is 0.416.